The first-order valence-corrected chi connectivity index (χ1v) is 9.66. The number of nitrogens with zero attached hydrogens (tertiary/aromatic N) is 2. The zero-order chi connectivity index (χ0) is 18.6. The van der Waals surface area contributed by atoms with Crippen LogP contribution in [-0.2, 0) is 26.7 Å². The second-order valence-corrected chi connectivity index (χ2v) is 7.48. The third-order valence-corrected chi connectivity index (χ3v) is 5.67. The zero-order valence-electron chi connectivity index (χ0n) is 15.4. The van der Waals surface area contributed by atoms with Crippen LogP contribution in [0, 0.1) is 5.92 Å². The van der Waals surface area contributed by atoms with Crippen LogP contribution in [0.2, 0.25) is 0 Å². The van der Waals surface area contributed by atoms with Gasteiger partial charge in [-0.2, -0.15) is 0 Å². The Hall–Kier alpha value is -2.66. The van der Waals surface area contributed by atoms with E-state index in [0.29, 0.717) is 13.2 Å². The normalized spacial score (nSPS) is 23.5. The highest BCUT2D eigenvalue weighted by Crippen LogP contribution is 2.51. The van der Waals surface area contributed by atoms with Crippen molar-refractivity contribution in [2.45, 2.75) is 38.5 Å². The van der Waals surface area contributed by atoms with E-state index in [9.17, 15) is 9.59 Å². The highest BCUT2D eigenvalue weighted by Gasteiger charge is 2.61. The van der Waals surface area contributed by atoms with Crippen LogP contribution in [0.3, 0.4) is 0 Å². The van der Waals surface area contributed by atoms with Crippen molar-refractivity contribution in [3.63, 3.8) is 0 Å². The minimum atomic E-state index is -1.39. The average molecular weight is 362 g/mol. The van der Waals surface area contributed by atoms with Gasteiger partial charge in [-0.3, -0.25) is 14.5 Å². The number of fused-ring (bicyclic) bond motifs is 3. The Kier molecular flexibility index (Phi) is 3.62. The second-order valence-electron chi connectivity index (χ2n) is 7.48. The Morgan fingerprint density at radius 3 is 2.56 bits per heavy atom. The summed E-state index contributed by atoms with van der Waals surface area (Å²) in [5.41, 5.74) is 1.96. The maximum absolute atomic E-state index is 13.7. The van der Waals surface area contributed by atoms with Crippen molar-refractivity contribution in [1.82, 2.24) is 0 Å². The van der Waals surface area contributed by atoms with E-state index >= 15 is 0 Å². The van der Waals surface area contributed by atoms with Crippen molar-refractivity contribution >= 4 is 23.2 Å². The quantitative estimate of drug-likeness (QED) is 0.839. The number of carbonyl (C=O) groups excluding carboxylic acids is 2. The van der Waals surface area contributed by atoms with Crippen molar-refractivity contribution < 1.29 is 14.3 Å². The first-order valence-electron chi connectivity index (χ1n) is 9.66. The Bertz CT molecular complexity index is 937. The molecule has 5 rings (SSSR count). The molecule has 1 saturated carbocycles. The number of rotatable bonds is 3. The molecular formula is C22H22N2O3. The topological polar surface area (TPSA) is 49.9 Å². The summed E-state index contributed by atoms with van der Waals surface area (Å²) in [6, 6.07) is 15.5. The van der Waals surface area contributed by atoms with Gasteiger partial charge in [0, 0.05) is 23.6 Å². The molecule has 0 saturated heterocycles. The van der Waals surface area contributed by atoms with Crippen LogP contribution in [0.5, 0.6) is 0 Å². The second kappa shape index (κ2) is 5.92. The van der Waals surface area contributed by atoms with E-state index in [1.165, 1.54) is 0 Å². The molecule has 0 radical (unpaired) electrons. The van der Waals surface area contributed by atoms with Crippen LogP contribution in [0.15, 0.2) is 48.5 Å². The molecule has 0 aromatic heterocycles. The van der Waals surface area contributed by atoms with E-state index in [4.69, 9.17) is 4.74 Å². The van der Waals surface area contributed by atoms with Crippen molar-refractivity contribution in [3.05, 3.63) is 59.7 Å². The average Bonchev–Trinajstić information content (AvgIpc) is 3.53. The first kappa shape index (κ1) is 16.5. The summed E-state index contributed by atoms with van der Waals surface area (Å²) in [6.45, 7) is 2.96. The van der Waals surface area contributed by atoms with E-state index in [0.717, 1.165) is 41.8 Å². The summed E-state index contributed by atoms with van der Waals surface area (Å²) < 4.78 is 6.29. The van der Waals surface area contributed by atoms with Crippen LogP contribution in [-0.4, -0.2) is 18.4 Å². The molecule has 1 atom stereocenters. The highest BCUT2D eigenvalue weighted by atomic mass is 16.5. The van der Waals surface area contributed by atoms with E-state index in [-0.39, 0.29) is 17.7 Å². The van der Waals surface area contributed by atoms with Gasteiger partial charge in [-0.25, -0.2) is 0 Å². The SMILES string of the molecule is CCCN1C(=O)C2(OCc3ccccc3N2C(=O)C2CC2)c2ccccc21. The smallest absolute Gasteiger partial charge is 0.286 e. The minimum absolute atomic E-state index is 0.0105. The fraction of sp³-hybridized carbons (Fsp3) is 0.364. The van der Waals surface area contributed by atoms with Gasteiger partial charge in [-0.15, -0.1) is 0 Å². The third-order valence-electron chi connectivity index (χ3n) is 5.67. The van der Waals surface area contributed by atoms with Gasteiger partial charge in [0.25, 0.3) is 11.6 Å². The summed E-state index contributed by atoms with van der Waals surface area (Å²) in [6.07, 6.45) is 2.59. The zero-order valence-corrected chi connectivity index (χ0v) is 15.4. The standard InChI is InChI=1S/C22H22N2O3/c1-2-13-23-19-10-6-4-8-17(19)22(21(23)26)24(20(25)15-11-12-15)18-9-5-3-7-16(18)14-27-22/h3-10,15H,2,11-14H2,1H3. The Morgan fingerprint density at radius 2 is 1.81 bits per heavy atom. The number of ether oxygens (including phenoxy) is 1. The Labute approximate surface area is 158 Å². The highest BCUT2D eigenvalue weighted by molar-refractivity contribution is 6.14. The van der Waals surface area contributed by atoms with Gasteiger partial charge in [-0.05, 0) is 31.4 Å². The maximum Gasteiger partial charge on any atom is 0.286 e. The number of amides is 2. The molecule has 3 aliphatic rings. The lowest BCUT2D eigenvalue weighted by Crippen LogP contribution is -2.60. The van der Waals surface area contributed by atoms with Gasteiger partial charge in [0.2, 0.25) is 5.91 Å². The van der Waals surface area contributed by atoms with Crippen LogP contribution in [0.4, 0.5) is 11.4 Å². The molecule has 5 nitrogen and oxygen atoms in total. The number of hydrogen-bond acceptors (Lipinski definition) is 3. The van der Waals surface area contributed by atoms with Crippen molar-refractivity contribution in [1.29, 1.82) is 0 Å². The lowest BCUT2D eigenvalue weighted by atomic mass is 9.96. The molecule has 0 bridgehead atoms. The van der Waals surface area contributed by atoms with Gasteiger partial charge in [0.15, 0.2) is 0 Å². The predicted octanol–water partition coefficient (Wildman–Crippen LogP) is 3.57. The summed E-state index contributed by atoms with van der Waals surface area (Å²) in [4.78, 5) is 30.5. The van der Waals surface area contributed by atoms with Crippen LogP contribution in [0.25, 0.3) is 0 Å². The number of anilines is 2. The summed E-state index contributed by atoms with van der Waals surface area (Å²) in [5.74, 6) is -0.186. The van der Waals surface area contributed by atoms with Crippen LogP contribution in [0.1, 0.15) is 37.3 Å². The maximum atomic E-state index is 13.7. The Balaban J connectivity index is 1.74. The molecule has 0 N–H and O–H groups in total. The van der Waals surface area contributed by atoms with Gasteiger partial charge < -0.3 is 9.64 Å². The largest absolute Gasteiger partial charge is 0.338 e. The molecule has 2 aromatic rings. The number of benzene rings is 2. The molecule has 1 fully saturated rings. The summed E-state index contributed by atoms with van der Waals surface area (Å²) >= 11 is 0. The minimum Gasteiger partial charge on any atom is -0.338 e. The summed E-state index contributed by atoms with van der Waals surface area (Å²) in [5, 5.41) is 0. The third kappa shape index (κ3) is 2.21. The molecular weight excluding hydrogens is 340 g/mol. The molecule has 2 amide bonds. The number of hydrogen-bond donors (Lipinski definition) is 0. The monoisotopic (exact) mass is 362 g/mol. The van der Waals surface area contributed by atoms with E-state index in [1.807, 2.05) is 55.5 Å². The first-order chi connectivity index (χ1) is 13.2. The molecule has 2 heterocycles. The van der Waals surface area contributed by atoms with Crippen LogP contribution >= 0.6 is 0 Å². The van der Waals surface area contributed by atoms with Gasteiger partial charge >= 0.3 is 0 Å². The van der Waals surface area contributed by atoms with E-state index in [2.05, 4.69) is 0 Å². The van der Waals surface area contributed by atoms with Crippen molar-refractivity contribution in [2.75, 3.05) is 16.3 Å². The molecule has 1 unspecified atom stereocenters. The van der Waals surface area contributed by atoms with E-state index in [1.54, 1.807) is 9.80 Å². The van der Waals surface area contributed by atoms with Gasteiger partial charge in [0.05, 0.1) is 18.0 Å². The van der Waals surface area contributed by atoms with Crippen LogP contribution < -0.4 is 9.80 Å². The molecule has 1 aliphatic carbocycles. The van der Waals surface area contributed by atoms with Crippen molar-refractivity contribution in [2.24, 2.45) is 5.92 Å². The lowest BCUT2D eigenvalue weighted by Gasteiger charge is -2.44. The molecule has 2 aliphatic heterocycles. The summed E-state index contributed by atoms with van der Waals surface area (Å²) in [7, 11) is 0. The Morgan fingerprint density at radius 1 is 1.11 bits per heavy atom. The van der Waals surface area contributed by atoms with Gasteiger partial charge in [0.1, 0.15) is 0 Å². The lowest BCUT2D eigenvalue weighted by molar-refractivity contribution is -0.153. The molecule has 2 aromatic carbocycles. The predicted molar refractivity (Wildman–Crippen MR) is 102 cm³/mol. The molecule has 27 heavy (non-hydrogen) atoms. The fourth-order valence-electron chi connectivity index (χ4n) is 4.26. The number of carbonyl (C=O) groups is 2. The van der Waals surface area contributed by atoms with E-state index < -0.39 is 5.72 Å². The number of para-hydroxylation sites is 2. The molecule has 1 spiro atoms. The molecule has 138 valence electrons. The van der Waals surface area contributed by atoms with Crippen molar-refractivity contribution in [3.8, 4) is 0 Å². The van der Waals surface area contributed by atoms with Gasteiger partial charge in [-0.1, -0.05) is 43.3 Å². The molecule has 5 heteroatoms. The fourth-order valence-corrected chi connectivity index (χ4v) is 4.26.